The van der Waals surface area contributed by atoms with Gasteiger partial charge in [-0.1, -0.05) is 17.7 Å². The maximum atomic E-state index is 6.36. The van der Waals surface area contributed by atoms with Gasteiger partial charge in [0.05, 0.1) is 10.7 Å². The van der Waals surface area contributed by atoms with Crippen LogP contribution in [0, 0.1) is 13.8 Å². The van der Waals surface area contributed by atoms with E-state index in [-0.39, 0.29) is 12.4 Å². The summed E-state index contributed by atoms with van der Waals surface area (Å²) in [4.78, 5) is 11.6. The summed E-state index contributed by atoms with van der Waals surface area (Å²) in [5.41, 5.74) is 9.81. The van der Waals surface area contributed by atoms with Gasteiger partial charge in [0.25, 0.3) is 0 Å². The Bertz CT molecular complexity index is 682. The molecule has 0 bridgehead atoms. The highest BCUT2D eigenvalue weighted by atomic mass is 35.5. The van der Waals surface area contributed by atoms with E-state index in [0.717, 1.165) is 54.3 Å². The molecule has 0 unspecified atom stereocenters. The van der Waals surface area contributed by atoms with E-state index in [0.29, 0.717) is 11.1 Å². The topological polar surface area (TPSA) is 55.0 Å². The fourth-order valence-corrected chi connectivity index (χ4v) is 3.06. The maximum Gasteiger partial charge on any atom is 0.129 e. The van der Waals surface area contributed by atoms with Gasteiger partial charge in [-0.25, -0.2) is 4.98 Å². The second-order valence-corrected chi connectivity index (χ2v) is 6.41. The molecule has 0 amide bonds. The van der Waals surface area contributed by atoms with Gasteiger partial charge in [0.2, 0.25) is 0 Å². The fraction of sp³-hybridized carbons (Fsp3) is 0.412. The minimum absolute atomic E-state index is 0. The Morgan fingerprint density at radius 1 is 1.17 bits per heavy atom. The van der Waals surface area contributed by atoms with Crippen LogP contribution in [0.3, 0.4) is 0 Å². The van der Waals surface area contributed by atoms with Crippen LogP contribution >= 0.6 is 24.0 Å². The molecule has 0 atom stereocenters. The monoisotopic (exact) mass is 352 g/mol. The summed E-state index contributed by atoms with van der Waals surface area (Å²) in [7, 11) is 0. The zero-order valence-corrected chi connectivity index (χ0v) is 15.0. The number of pyridine rings is 2. The standard InChI is InChI=1S/C17H21ClN4.ClH/c1-11-9-12(2)16(20-10-11)17-14(18)3-4-15(21-17)22-7-5-13(19)6-8-22;/h3-4,9-10,13H,5-8,19H2,1-2H3;1H. The van der Waals surface area contributed by atoms with Crippen LogP contribution in [0.15, 0.2) is 24.4 Å². The Balaban J connectivity index is 0.00000192. The zero-order valence-electron chi connectivity index (χ0n) is 13.4. The third kappa shape index (κ3) is 3.94. The van der Waals surface area contributed by atoms with Crippen molar-refractivity contribution in [1.29, 1.82) is 0 Å². The van der Waals surface area contributed by atoms with Crippen LogP contribution in [-0.2, 0) is 0 Å². The number of hydrogen-bond donors (Lipinski definition) is 1. The summed E-state index contributed by atoms with van der Waals surface area (Å²) in [6, 6.07) is 6.30. The molecule has 0 spiro atoms. The second kappa shape index (κ2) is 7.47. The Labute approximate surface area is 148 Å². The third-order valence-electron chi connectivity index (χ3n) is 4.13. The van der Waals surface area contributed by atoms with Crippen LogP contribution in [0.25, 0.3) is 11.4 Å². The van der Waals surface area contributed by atoms with E-state index in [1.807, 2.05) is 32.2 Å². The lowest BCUT2D eigenvalue weighted by molar-refractivity contribution is 0.499. The van der Waals surface area contributed by atoms with E-state index >= 15 is 0 Å². The molecule has 6 heteroatoms. The third-order valence-corrected chi connectivity index (χ3v) is 4.44. The molecule has 0 aliphatic carbocycles. The molecule has 1 saturated heterocycles. The molecular formula is C17H22Cl2N4. The molecule has 1 aliphatic heterocycles. The smallest absolute Gasteiger partial charge is 0.129 e. The Kier molecular flexibility index (Phi) is 5.84. The Morgan fingerprint density at radius 3 is 2.52 bits per heavy atom. The van der Waals surface area contributed by atoms with E-state index in [1.54, 1.807) is 0 Å². The molecule has 0 radical (unpaired) electrons. The van der Waals surface area contributed by atoms with E-state index in [1.165, 1.54) is 0 Å². The van der Waals surface area contributed by atoms with Crippen molar-refractivity contribution in [2.45, 2.75) is 32.7 Å². The lowest BCUT2D eigenvalue weighted by Crippen LogP contribution is -2.40. The van der Waals surface area contributed by atoms with Gasteiger partial charge in [0.1, 0.15) is 11.5 Å². The van der Waals surface area contributed by atoms with Crippen molar-refractivity contribution >= 4 is 29.8 Å². The van der Waals surface area contributed by atoms with Crippen molar-refractivity contribution in [3.05, 3.63) is 40.5 Å². The largest absolute Gasteiger partial charge is 0.356 e. The number of nitrogens with two attached hydrogens (primary N) is 1. The number of aromatic nitrogens is 2. The van der Waals surface area contributed by atoms with Gasteiger partial charge in [-0.3, -0.25) is 4.98 Å². The second-order valence-electron chi connectivity index (χ2n) is 6.00. The van der Waals surface area contributed by atoms with Gasteiger partial charge in [0, 0.05) is 25.3 Å². The van der Waals surface area contributed by atoms with Crippen molar-refractivity contribution in [2.24, 2.45) is 5.73 Å². The molecule has 2 aromatic rings. The van der Waals surface area contributed by atoms with Crippen LogP contribution < -0.4 is 10.6 Å². The highest BCUT2D eigenvalue weighted by molar-refractivity contribution is 6.33. The first kappa shape index (κ1) is 18.0. The molecule has 2 N–H and O–H groups in total. The van der Waals surface area contributed by atoms with Crippen LogP contribution in [-0.4, -0.2) is 29.1 Å². The van der Waals surface area contributed by atoms with Crippen LogP contribution in [0.4, 0.5) is 5.82 Å². The Morgan fingerprint density at radius 2 is 1.87 bits per heavy atom. The fourth-order valence-electron chi connectivity index (χ4n) is 2.87. The highest BCUT2D eigenvalue weighted by Crippen LogP contribution is 2.30. The van der Waals surface area contributed by atoms with E-state index in [9.17, 15) is 0 Å². The van der Waals surface area contributed by atoms with Crippen LogP contribution in [0.5, 0.6) is 0 Å². The van der Waals surface area contributed by atoms with Gasteiger partial charge >= 0.3 is 0 Å². The summed E-state index contributed by atoms with van der Waals surface area (Å²) in [6.07, 6.45) is 3.86. The van der Waals surface area contributed by atoms with Crippen LogP contribution in [0.1, 0.15) is 24.0 Å². The number of aryl methyl sites for hydroxylation is 2. The van der Waals surface area contributed by atoms with Crippen molar-refractivity contribution in [2.75, 3.05) is 18.0 Å². The van der Waals surface area contributed by atoms with Crippen molar-refractivity contribution in [3.63, 3.8) is 0 Å². The molecule has 1 aliphatic rings. The van der Waals surface area contributed by atoms with E-state index in [4.69, 9.17) is 22.3 Å². The number of halogens is 2. The molecule has 23 heavy (non-hydrogen) atoms. The molecule has 0 aromatic carbocycles. The number of rotatable bonds is 2. The van der Waals surface area contributed by atoms with Gasteiger partial charge in [-0.2, -0.15) is 0 Å². The average Bonchev–Trinajstić information content (AvgIpc) is 2.49. The summed E-state index contributed by atoms with van der Waals surface area (Å²) >= 11 is 6.36. The molecular weight excluding hydrogens is 331 g/mol. The highest BCUT2D eigenvalue weighted by Gasteiger charge is 2.19. The van der Waals surface area contributed by atoms with E-state index < -0.39 is 0 Å². The van der Waals surface area contributed by atoms with Crippen molar-refractivity contribution < 1.29 is 0 Å². The van der Waals surface area contributed by atoms with Gasteiger partial charge in [-0.05, 0) is 49.9 Å². The minimum Gasteiger partial charge on any atom is -0.356 e. The molecule has 0 saturated carbocycles. The number of nitrogens with zero attached hydrogens (tertiary/aromatic N) is 3. The summed E-state index contributed by atoms with van der Waals surface area (Å²) in [5.74, 6) is 0.952. The molecule has 1 fully saturated rings. The minimum atomic E-state index is 0. The van der Waals surface area contributed by atoms with Gasteiger partial charge < -0.3 is 10.6 Å². The zero-order chi connectivity index (χ0) is 15.7. The first-order valence-corrected chi connectivity index (χ1v) is 8.03. The number of piperidine rings is 1. The Hall–Kier alpha value is -1.36. The summed E-state index contributed by atoms with van der Waals surface area (Å²) in [5, 5.41) is 0.636. The molecule has 2 aromatic heterocycles. The van der Waals surface area contributed by atoms with Gasteiger partial charge in [0.15, 0.2) is 0 Å². The predicted molar refractivity (Wildman–Crippen MR) is 98.6 cm³/mol. The van der Waals surface area contributed by atoms with Crippen molar-refractivity contribution in [3.8, 4) is 11.4 Å². The summed E-state index contributed by atoms with van der Waals surface area (Å²) < 4.78 is 0. The lowest BCUT2D eigenvalue weighted by Gasteiger charge is -2.31. The SMILES string of the molecule is Cc1cnc(-c2nc(N3CCC(N)CC3)ccc2Cl)c(C)c1.Cl. The first-order chi connectivity index (χ1) is 10.5. The molecule has 3 rings (SSSR count). The number of anilines is 1. The predicted octanol–water partition coefficient (Wildman–Crippen LogP) is 3.76. The maximum absolute atomic E-state index is 6.36. The van der Waals surface area contributed by atoms with Crippen molar-refractivity contribution in [1.82, 2.24) is 9.97 Å². The van der Waals surface area contributed by atoms with Crippen LogP contribution in [0.2, 0.25) is 5.02 Å². The van der Waals surface area contributed by atoms with Gasteiger partial charge in [-0.15, -0.1) is 12.4 Å². The normalized spacial score (nSPS) is 15.4. The molecule has 124 valence electrons. The molecule has 3 heterocycles. The number of hydrogen-bond acceptors (Lipinski definition) is 4. The van der Waals surface area contributed by atoms with E-state index in [2.05, 4.69) is 16.0 Å². The lowest BCUT2D eigenvalue weighted by atomic mass is 10.1. The quantitative estimate of drug-likeness (QED) is 0.893. The summed E-state index contributed by atoms with van der Waals surface area (Å²) in [6.45, 7) is 5.96. The average molecular weight is 353 g/mol. The molecule has 4 nitrogen and oxygen atoms in total. The first-order valence-electron chi connectivity index (χ1n) is 7.65.